The summed E-state index contributed by atoms with van der Waals surface area (Å²) < 4.78 is 11.7. The Kier molecular flexibility index (Phi) is 4.74. The molecular weight excluding hydrogens is 254 g/mol. The Morgan fingerprint density at radius 2 is 2.05 bits per heavy atom. The number of ether oxygens (including phenoxy) is 2. The van der Waals surface area contributed by atoms with Gasteiger partial charge in [0.15, 0.2) is 0 Å². The van der Waals surface area contributed by atoms with E-state index in [1.165, 1.54) is 6.42 Å². The predicted octanol–water partition coefficient (Wildman–Crippen LogP) is 2.06. The maximum Gasteiger partial charge on any atom is 0.138 e. The zero-order valence-corrected chi connectivity index (χ0v) is 12.4. The molecule has 0 radical (unpaired) electrons. The highest BCUT2D eigenvalue weighted by atomic mass is 16.5. The lowest BCUT2D eigenvalue weighted by Crippen LogP contribution is -2.47. The summed E-state index contributed by atoms with van der Waals surface area (Å²) in [5.41, 5.74) is 0.0779. The van der Waals surface area contributed by atoms with E-state index in [0.717, 1.165) is 58.2 Å². The third kappa shape index (κ3) is 3.41. The molecule has 0 bridgehead atoms. The number of Topliss-reactive ketones (excluding diaryl/α,β-unsaturated/α-hetero) is 1. The van der Waals surface area contributed by atoms with Crippen molar-refractivity contribution in [3.8, 4) is 0 Å². The molecule has 2 heterocycles. The van der Waals surface area contributed by atoms with Gasteiger partial charge >= 0.3 is 0 Å². The monoisotopic (exact) mass is 281 g/mol. The number of rotatable bonds is 5. The van der Waals surface area contributed by atoms with Crippen molar-refractivity contribution in [1.82, 2.24) is 5.32 Å². The van der Waals surface area contributed by atoms with Crippen molar-refractivity contribution in [2.45, 2.75) is 63.1 Å². The van der Waals surface area contributed by atoms with Gasteiger partial charge in [0.1, 0.15) is 5.78 Å². The second kappa shape index (κ2) is 6.54. The minimum atomic E-state index is 0.0779. The van der Waals surface area contributed by atoms with Gasteiger partial charge in [0.25, 0.3) is 0 Å². The van der Waals surface area contributed by atoms with Gasteiger partial charge in [0.2, 0.25) is 0 Å². The van der Waals surface area contributed by atoms with Crippen molar-refractivity contribution in [3.05, 3.63) is 0 Å². The molecule has 1 spiro atoms. The van der Waals surface area contributed by atoms with Gasteiger partial charge in [-0.25, -0.2) is 0 Å². The fraction of sp³-hybridized carbons (Fsp3) is 0.938. The van der Waals surface area contributed by atoms with Crippen LogP contribution < -0.4 is 5.32 Å². The highest BCUT2D eigenvalue weighted by molar-refractivity contribution is 5.81. The van der Waals surface area contributed by atoms with Crippen molar-refractivity contribution in [1.29, 1.82) is 0 Å². The van der Waals surface area contributed by atoms with Gasteiger partial charge in [0, 0.05) is 18.9 Å². The number of piperidine rings is 1. The summed E-state index contributed by atoms with van der Waals surface area (Å²) in [7, 11) is 0. The molecule has 0 aromatic heterocycles. The molecule has 0 aromatic carbocycles. The Labute approximate surface area is 121 Å². The topological polar surface area (TPSA) is 47.6 Å². The Hall–Kier alpha value is -0.450. The number of ketones is 1. The van der Waals surface area contributed by atoms with Gasteiger partial charge in [-0.1, -0.05) is 0 Å². The van der Waals surface area contributed by atoms with E-state index in [1.807, 2.05) is 0 Å². The molecule has 3 fully saturated rings. The highest BCUT2D eigenvalue weighted by Gasteiger charge is 2.43. The van der Waals surface area contributed by atoms with Crippen LogP contribution in [0.3, 0.4) is 0 Å². The fourth-order valence-corrected chi connectivity index (χ4v) is 3.71. The number of carbonyl (C=O) groups is 1. The first-order valence-electron chi connectivity index (χ1n) is 8.26. The van der Waals surface area contributed by atoms with E-state index in [9.17, 15) is 4.79 Å². The summed E-state index contributed by atoms with van der Waals surface area (Å²) in [5, 5.41) is 3.33. The van der Waals surface area contributed by atoms with Crippen LogP contribution in [-0.2, 0) is 14.3 Å². The van der Waals surface area contributed by atoms with Crippen molar-refractivity contribution >= 4 is 5.78 Å². The molecule has 1 unspecified atom stereocenters. The number of carbonyl (C=O) groups excluding carboxylic acids is 1. The van der Waals surface area contributed by atoms with E-state index < -0.39 is 0 Å². The maximum atomic E-state index is 12.3. The maximum absolute atomic E-state index is 12.3. The molecule has 2 aliphatic heterocycles. The third-order valence-electron chi connectivity index (χ3n) is 5.20. The Morgan fingerprint density at radius 1 is 1.25 bits per heavy atom. The molecule has 3 rings (SSSR count). The average Bonchev–Trinajstić information content (AvgIpc) is 2.47. The SMILES string of the molecule is O=C(CCOC1CCNCC1)C1CCOC2(CCC2)C1. The number of hydrogen-bond donors (Lipinski definition) is 1. The summed E-state index contributed by atoms with van der Waals surface area (Å²) in [4.78, 5) is 12.3. The van der Waals surface area contributed by atoms with Crippen molar-refractivity contribution in [2.75, 3.05) is 26.3 Å². The summed E-state index contributed by atoms with van der Waals surface area (Å²) in [6, 6.07) is 0. The second-order valence-corrected chi connectivity index (χ2v) is 6.61. The number of hydrogen-bond acceptors (Lipinski definition) is 4. The molecule has 0 amide bonds. The Morgan fingerprint density at radius 3 is 2.75 bits per heavy atom. The molecule has 1 saturated carbocycles. The normalized spacial score (nSPS) is 30.1. The van der Waals surface area contributed by atoms with Crippen LogP contribution >= 0.6 is 0 Å². The first-order valence-corrected chi connectivity index (χ1v) is 8.26. The Balaban J connectivity index is 1.37. The van der Waals surface area contributed by atoms with Crippen LogP contribution in [0.15, 0.2) is 0 Å². The largest absolute Gasteiger partial charge is 0.378 e. The van der Waals surface area contributed by atoms with Gasteiger partial charge in [-0.3, -0.25) is 4.79 Å². The van der Waals surface area contributed by atoms with E-state index in [1.54, 1.807) is 0 Å². The summed E-state index contributed by atoms with van der Waals surface area (Å²) in [5.74, 6) is 0.620. The standard InChI is InChI=1S/C16H27NO3/c18-15(5-10-19-14-2-8-17-9-3-14)13-4-11-20-16(12-13)6-1-7-16/h13-14,17H,1-12H2. The molecule has 2 saturated heterocycles. The molecule has 1 atom stereocenters. The smallest absolute Gasteiger partial charge is 0.138 e. The van der Waals surface area contributed by atoms with Crippen LogP contribution in [0.2, 0.25) is 0 Å². The summed E-state index contributed by atoms with van der Waals surface area (Å²) in [6.07, 6.45) is 8.54. The van der Waals surface area contributed by atoms with E-state index >= 15 is 0 Å². The van der Waals surface area contributed by atoms with Crippen LogP contribution in [0.5, 0.6) is 0 Å². The minimum Gasteiger partial charge on any atom is -0.378 e. The van der Waals surface area contributed by atoms with Crippen LogP contribution in [0.4, 0.5) is 0 Å². The molecule has 0 aromatic rings. The highest BCUT2D eigenvalue weighted by Crippen LogP contribution is 2.44. The van der Waals surface area contributed by atoms with Crippen LogP contribution in [0.1, 0.15) is 51.4 Å². The minimum absolute atomic E-state index is 0.0779. The van der Waals surface area contributed by atoms with Crippen LogP contribution in [0, 0.1) is 5.92 Å². The molecule has 114 valence electrons. The zero-order chi connectivity index (χ0) is 13.8. The molecule has 20 heavy (non-hydrogen) atoms. The average molecular weight is 281 g/mol. The van der Waals surface area contributed by atoms with Gasteiger partial charge in [-0.05, 0) is 58.0 Å². The first-order chi connectivity index (χ1) is 9.77. The molecule has 4 nitrogen and oxygen atoms in total. The lowest BCUT2D eigenvalue weighted by molar-refractivity contribution is -0.156. The first kappa shape index (κ1) is 14.5. The zero-order valence-electron chi connectivity index (χ0n) is 12.4. The predicted molar refractivity (Wildman–Crippen MR) is 76.7 cm³/mol. The number of nitrogens with one attached hydrogen (secondary N) is 1. The summed E-state index contributed by atoms with van der Waals surface area (Å²) >= 11 is 0. The van der Waals surface area contributed by atoms with Crippen LogP contribution in [-0.4, -0.2) is 43.8 Å². The molecule has 3 aliphatic rings. The van der Waals surface area contributed by atoms with Crippen molar-refractivity contribution in [2.24, 2.45) is 5.92 Å². The molecule has 4 heteroatoms. The van der Waals surface area contributed by atoms with Crippen molar-refractivity contribution < 1.29 is 14.3 Å². The van der Waals surface area contributed by atoms with Crippen LogP contribution in [0.25, 0.3) is 0 Å². The van der Waals surface area contributed by atoms with Gasteiger partial charge < -0.3 is 14.8 Å². The lowest BCUT2D eigenvalue weighted by atomic mass is 9.71. The van der Waals surface area contributed by atoms with E-state index in [0.29, 0.717) is 24.9 Å². The Bertz CT molecular complexity index is 335. The quantitative estimate of drug-likeness (QED) is 0.838. The second-order valence-electron chi connectivity index (χ2n) is 6.61. The van der Waals surface area contributed by atoms with E-state index in [-0.39, 0.29) is 11.5 Å². The summed E-state index contributed by atoms with van der Waals surface area (Å²) in [6.45, 7) is 3.46. The van der Waals surface area contributed by atoms with Crippen molar-refractivity contribution in [3.63, 3.8) is 0 Å². The van der Waals surface area contributed by atoms with E-state index in [2.05, 4.69) is 5.32 Å². The van der Waals surface area contributed by atoms with Gasteiger partial charge in [0.05, 0.1) is 18.3 Å². The molecular formula is C16H27NO3. The van der Waals surface area contributed by atoms with E-state index in [4.69, 9.17) is 9.47 Å². The van der Waals surface area contributed by atoms with Gasteiger partial charge in [-0.2, -0.15) is 0 Å². The third-order valence-corrected chi connectivity index (χ3v) is 5.20. The fourth-order valence-electron chi connectivity index (χ4n) is 3.71. The lowest BCUT2D eigenvalue weighted by Gasteiger charge is -2.46. The van der Waals surface area contributed by atoms with Gasteiger partial charge in [-0.15, -0.1) is 0 Å². The molecule has 1 N–H and O–H groups in total. The molecule has 1 aliphatic carbocycles.